The number of nitriles is 1. The van der Waals surface area contributed by atoms with Crippen LogP contribution in [0.5, 0.6) is 11.5 Å². The first-order chi connectivity index (χ1) is 15.3. The fourth-order valence-electron chi connectivity index (χ4n) is 3.87. The third-order valence-corrected chi connectivity index (χ3v) is 5.46. The van der Waals surface area contributed by atoms with Gasteiger partial charge >= 0.3 is 5.97 Å². The van der Waals surface area contributed by atoms with Crippen molar-refractivity contribution < 1.29 is 24.2 Å². The maximum Gasteiger partial charge on any atom is 0.303 e. The van der Waals surface area contributed by atoms with Gasteiger partial charge in [0.2, 0.25) is 5.91 Å². The molecule has 1 atom stereocenters. The molecule has 3 rings (SSSR count). The first-order valence-electron chi connectivity index (χ1n) is 10.7. The number of nitrogens with zero attached hydrogens (tertiary/aromatic N) is 2. The number of benzene rings is 2. The standard InChI is InChI=1S/C25H28N2O5/c1-16(2)32-23-7-4-18(12-20(23)14-26)15-31-21-5-6-22-17(3)27(11-10-19(22)13-21)24(28)8-9-25(29)30/h4-7,12-13,16-17H,8-11,15H2,1-3H3,(H,29,30). The number of aliphatic carboxylic acids is 1. The van der Waals surface area contributed by atoms with Crippen molar-refractivity contribution in [1.82, 2.24) is 4.90 Å². The average Bonchev–Trinajstić information content (AvgIpc) is 2.76. The fraction of sp³-hybridized carbons (Fsp3) is 0.400. The molecule has 1 unspecified atom stereocenters. The maximum absolute atomic E-state index is 12.4. The minimum absolute atomic E-state index is 0.00882. The topological polar surface area (TPSA) is 99.9 Å². The van der Waals surface area contributed by atoms with Gasteiger partial charge in [0.05, 0.1) is 24.1 Å². The summed E-state index contributed by atoms with van der Waals surface area (Å²) in [4.78, 5) is 24.9. The maximum atomic E-state index is 12.4. The molecule has 1 heterocycles. The summed E-state index contributed by atoms with van der Waals surface area (Å²) >= 11 is 0. The van der Waals surface area contributed by atoms with Crippen LogP contribution >= 0.6 is 0 Å². The second kappa shape index (κ2) is 10.2. The summed E-state index contributed by atoms with van der Waals surface area (Å²) in [5, 5.41) is 18.2. The van der Waals surface area contributed by atoms with E-state index in [9.17, 15) is 14.9 Å². The highest BCUT2D eigenvalue weighted by Crippen LogP contribution is 2.32. The molecule has 0 spiro atoms. The third-order valence-electron chi connectivity index (χ3n) is 5.46. The van der Waals surface area contributed by atoms with Gasteiger partial charge in [0, 0.05) is 13.0 Å². The van der Waals surface area contributed by atoms with Crippen molar-refractivity contribution in [3.63, 3.8) is 0 Å². The van der Waals surface area contributed by atoms with Crippen molar-refractivity contribution in [2.45, 2.75) is 58.8 Å². The highest BCUT2D eigenvalue weighted by molar-refractivity contribution is 5.81. The lowest BCUT2D eigenvalue weighted by Crippen LogP contribution is -2.38. The number of hydrogen-bond donors (Lipinski definition) is 1. The predicted molar refractivity (Wildman–Crippen MR) is 118 cm³/mol. The summed E-state index contributed by atoms with van der Waals surface area (Å²) < 4.78 is 11.6. The summed E-state index contributed by atoms with van der Waals surface area (Å²) in [5.41, 5.74) is 3.52. The van der Waals surface area contributed by atoms with E-state index in [0.717, 1.165) is 22.4 Å². The first kappa shape index (κ1) is 23.1. The van der Waals surface area contributed by atoms with Crippen LogP contribution in [0.3, 0.4) is 0 Å². The molecule has 1 N–H and O–H groups in total. The largest absolute Gasteiger partial charge is 0.490 e. The second-order valence-electron chi connectivity index (χ2n) is 8.17. The third kappa shape index (κ3) is 5.58. The van der Waals surface area contributed by atoms with Crippen LogP contribution in [0.25, 0.3) is 0 Å². The molecule has 0 fully saturated rings. The van der Waals surface area contributed by atoms with E-state index in [4.69, 9.17) is 14.6 Å². The summed E-state index contributed by atoms with van der Waals surface area (Å²) in [6, 6.07) is 13.4. The number of rotatable bonds is 8. The van der Waals surface area contributed by atoms with Crippen molar-refractivity contribution in [3.8, 4) is 17.6 Å². The van der Waals surface area contributed by atoms with Crippen LogP contribution < -0.4 is 9.47 Å². The van der Waals surface area contributed by atoms with Crippen molar-refractivity contribution in [1.29, 1.82) is 5.26 Å². The number of fused-ring (bicyclic) bond motifs is 1. The smallest absolute Gasteiger partial charge is 0.303 e. The molecule has 0 saturated carbocycles. The number of carboxylic acids is 1. The second-order valence-corrected chi connectivity index (χ2v) is 8.17. The van der Waals surface area contributed by atoms with E-state index in [2.05, 4.69) is 6.07 Å². The van der Waals surface area contributed by atoms with Gasteiger partial charge in [-0.25, -0.2) is 0 Å². The molecular weight excluding hydrogens is 408 g/mol. The van der Waals surface area contributed by atoms with Gasteiger partial charge in [-0.15, -0.1) is 0 Å². The van der Waals surface area contributed by atoms with Gasteiger partial charge in [0.15, 0.2) is 0 Å². The molecule has 168 valence electrons. The molecule has 7 nitrogen and oxygen atoms in total. The van der Waals surface area contributed by atoms with E-state index in [0.29, 0.717) is 30.9 Å². The molecule has 0 aromatic heterocycles. The van der Waals surface area contributed by atoms with E-state index >= 15 is 0 Å². The lowest BCUT2D eigenvalue weighted by Gasteiger charge is -2.35. The lowest BCUT2D eigenvalue weighted by molar-refractivity contribution is -0.141. The zero-order chi connectivity index (χ0) is 23.3. The Morgan fingerprint density at radius 3 is 2.69 bits per heavy atom. The molecular formula is C25H28N2O5. The van der Waals surface area contributed by atoms with Gasteiger partial charge in [-0.1, -0.05) is 12.1 Å². The number of carbonyl (C=O) groups is 2. The zero-order valence-electron chi connectivity index (χ0n) is 18.6. The molecule has 0 saturated heterocycles. The predicted octanol–water partition coefficient (Wildman–Crippen LogP) is 4.23. The molecule has 0 aliphatic carbocycles. The number of ether oxygens (including phenoxy) is 2. The molecule has 1 aliphatic rings. The highest BCUT2D eigenvalue weighted by atomic mass is 16.5. The SMILES string of the molecule is CC(C)Oc1ccc(COc2ccc3c(c2)CCN(C(=O)CCC(=O)O)C3C)cc1C#N. The van der Waals surface area contributed by atoms with Crippen molar-refractivity contribution in [3.05, 3.63) is 58.7 Å². The van der Waals surface area contributed by atoms with Crippen LogP contribution in [0.15, 0.2) is 36.4 Å². The van der Waals surface area contributed by atoms with E-state index < -0.39 is 5.97 Å². The zero-order valence-corrected chi connectivity index (χ0v) is 18.6. The normalized spacial score (nSPS) is 15.1. The first-order valence-corrected chi connectivity index (χ1v) is 10.7. The Kier molecular flexibility index (Phi) is 7.37. The molecule has 0 bridgehead atoms. The Balaban J connectivity index is 1.66. The Morgan fingerprint density at radius 1 is 1.22 bits per heavy atom. The van der Waals surface area contributed by atoms with Crippen molar-refractivity contribution in [2.75, 3.05) is 6.54 Å². The number of carboxylic acid groups (broad SMARTS) is 1. The Bertz CT molecular complexity index is 1040. The van der Waals surface area contributed by atoms with Crippen molar-refractivity contribution >= 4 is 11.9 Å². The van der Waals surface area contributed by atoms with Gasteiger partial charge in [-0.3, -0.25) is 9.59 Å². The number of carbonyl (C=O) groups excluding carboxylic acids is 1. The van der Waals surface area contributed by atoms with Crippen LogP contribution in [-0.4, -0.2) is 34.5 Å². The Hall–Kier alpha value is -3.53. The quantitative estimate of drug-likeness (QED) is 0.665. The number of hydrogen-bond acceptors (Lipinski definition) is 5. The fourth-order valence-corrected chi connectivity index (χ4v) is 3.87. The van der Waals surface area contributed by atoms with E-state index in [1.54, 1.807) is 17.0 Å². The monoisotopic (exact) mass is 436 g/mol. The molecule has 1 aliphatic heterocycles. The van der Waals surface area contributed by atoms with E-state index in [1.165, 1.54) is 0 Å². The summed E-state index contributed by atoms with van der Waals surface area (Å²) in [5.74, 6) is 0.192. The molecule has 2 aromatic carbocycles. The highest BCUT2D eigenvalue weighted by Gasteiger charge is 2.27. The van der Waals surface area contributed by atoms with Gasteiger partial charge in [-0.2, -0.15) is 5.26 Å². The van der Waals surface area contributed by atoms with Crippen LogP contribution in [0.1, 0.15) is 61.9 Å². The summed E-state index contributed by atoms with van der Waals surface area (Å²) in [7, 11) is 0. The Labute approximate surface area is 188 Å². The average molecular weight is 437 g/mol. The van der Waals surface area contributed by atoms with Crippen molar-refractivity contribution in [2.24, 2.45) is 0 Å². The van der Waals surface area contributed by atoms with Crippen LogP contribution in [-0.2, 0) is 22.6 Å². The van der Waals surface area contributed by atoms with E-state index in [1.807, 2.05) is 45.0 Å². The molecule has 0 radical (unpaired) electrons. The minimum atomic E-state index is -0.964. The Morgan fingerprint density at radius 2 is 2.00 bits per heavy atom. The van der Waals surface area contributed by atoms with Gasteiger partial charge in [0.25, 0.3) is 0 Å². The van der Waals surface area contributed by atoms with Gasteiger partial charge in [-0.05, 0) is 68.1 Å². The molecule has 1 amide bonds. The minimum Gasteiger partial charge on any atom is -0.490 e. The van der Waals surface area contributed by atoms with Crippen LogP contribution in [0, 0.1) is 11.3 Å². The molecule has 2 aromatic rings. The van der Waals surface area contributed by atoms with Crippen LogP contribution in [0.2, 0.25) is 0 Å². The summed E-state index contributed by atoms with van der Waals surface area (Å²) in [6.07, 6.45) is 0.544. The molecule has 32 heavy (non-hydrogen) atoms. The van der Waals surface area contributed by atoms with Gasteiger partial charge < -0.3 is 19.5 Å². The lowest BCUT2D eigenvalue weighted by atomic mass is 9.93. The van der Waals surface area contributed by atoms with Crippen LogP contribution in [0.4, 0.5) is 0 Å². The van der Waals surface area contributed by atoms with E-state index in [-0.39, 0.29) is 30.9 Å². The summed E-state index contributed by atoms with van der Waals surface area (Å²) in [6.45, 7) is 6.67. The number of amides is 1. The molecule has 7 heteroatoms. The van der Waals surface area contributed by atoms with Gasteiger partial charge in [0.1, 0.15) is 24.2 Å².